The van der Waals surface area contributed by atoms with Gasteiger partial charge in [0.05, 0.1) is 17.5 Å². The molecule has 0 saturated carbocycles. The number of piperidine rings is 1. The molecule has 24 heteroatoms. The number of carbonyl (C=O) groups is 5. The molecule has 1 aromatic heterocycles. The van der Waals surface area contributed by atoms with Gasteiger partial charge < -0.3 is 30.7 Å². The fourth-order valence-electron chi connectivity index (χ4n) is 5.43. The summed E-state index contributed by atoms with van der Waals surface area (Å²) in [6.45, 7) is 5.57. The second kappa shape index (κ2) is 21.1. The van der Waals surface area contributed by atoms with Gasteiger partial charge in [0.2, 0.25) is 5.91 Å². The van der Waals surface area contributed by atoms with E-state index in [2.05, 4.69) is 20.5 Å². The summed E-state index contributed by atoms with van der Waals surface area (Å²) in [5.41, 5.74) is 5.18. The average Bonchev–Trinajstić information content (AvgIpc) is 3.69. The van der Waals surface area contributed by atoms with Gasteiger partial charge in [-0.3, -0.25) is 24.7 Å². The number of ether oxygens (including phenoxy) is 1. The molecule has 320 valence electrons. The molecule has 3 heterocycles. The Morgan fingerprint density at radius 3 is 1.86 bits per heavy atom. The highest BCUT2D eigenvalue weighted by Crippen LogP contribution is 2.24. The van der Waals surface area contributed by atoms with Crippen LogP contribution >= 0.6 is 0 Å². The largest absolute Gasteiger partial charge is 0.490 e. The van der Waals surface area contributed by atoms with Gasteiger partial charge in [-0.2, -0.15) is 39.5 Å². The minimum absolute atomic E-state index is 0.255. The molecule has 7 N–H and O–H groups in total. The van der Waals surface area contributed by atoms with E-state index in [-0.39, 0.29) is 5.91 Å². The Labute approximate surface area is 321 Å². The number of likely N-dealkylation sites (tertiary alicyclic amines) is 1. The summed E-state index contributed by atoms with van der Waals surface area (Å²) in [6, 6.07) is 17.0. The molecule has 15 nitrogen and oxygen atoms in total. The number of hydrogen-bond acceptors (Lipinski definition) is 10. The van der Waals surface area contributed by atoms with Crippen molar-refractivity contribution in [3.63, 3.8) is 0 Å². The normalized spacial score (nSPS) is 18.2. The van der Waals surface area contributed by atoms with Gasteiger partial charge in [0, 0.05) is 41.3 Å². The fraction of sp³-hybridized carbons (Fsp3) is 0.412. The summed E-state index contributed by atoms with van der Waals surface area (Å²) in [5, 5.41) is 38.1. The van der Waals surface area contributed by atoms with E-state index in [1.807, 2.05) is 37.3 Å². The number of nitrogens with one attached hydrogen (secondary N) is 3. The van der Waals surface area contributed by atoms with E-state index in [0.29, 0.717) is 36.9 Å². The Balaban J connectivity index is 0.000000453. The molecular weight excluding hydrogens is 809 g/mol. The van der Waals surface area contributed by atoms with Crippen LogP contribution in [0.5, 0.6) is 5.75 Å². The number of halogens is 9. The van der Waals surface area contributed by atoms with Crippen LogP contribution in [0.1, 0.15) is 34.5 Å². The molecule has 5 rings (SSSR count). The molecule has 2 aliphatic heterocycles. The van der Waals surface area contributed by atoms with Gasteiger partial charge >= 0.3 is 36.4 Å². The lowest BCUT2D eigenvalue weighted by Gasteiger charge is -2.40. The molecule has 2 aromatic carbocycles. The quantitative estimate of drug-likeness (QED) is 0.100. The number of aromatic nitrogens is 1. The number of carboxylic acids is 3. The predicted molar refractivity (Wildman–Crippen MR) is 180 cm³/mol. The van der Waals surface area contributed by atoms with Gasteiger partial charge in [-0.1, -0.05) is 18.2 Å². The monoisotopic (exact) mass is 845 g/mol. The first-order valence-electron chi connectivity index (χ1n) is 16.5. The highest BCUT2D eigenvalue weighted by atomic mass is 19.4. The third-order valence-electron chi connectivity index (χ3n) is 8.13. The van der Waals surface area contributed by atoms with Gasteiger partial charge in [-0.15, -0.1) is 0 Å². The molecule has 0 radical (unpaired) electrons. The van der Waals surface area contributed by atoms with Crippen molar-refractivity contribution in [2.45, 2.75) is 57.0 Å². The van der Waals surface area contributed by atoms with Crippen molar-refractivity contribution < 1.29 is 88.8 Å². The van der Waals surface area contributed by atoms with Crippen LogP contribution in [0.2, 0.25) is 0 Å². The number of hydroxylamine groups is 1. The van der Waals surface area contributed by atoms with Crippen LogP contribution in [0.3, 0.4) is 0 Å². The van der Waals surface area contributed by atoms with Crippen molar-refractivity contribution in [1.82, 2.24) is 26.0 Å². The summed E-state index contributed by atoms with van der Waals surface area (Å²) in [5.74, 6) is -8.81. The molecule has 2 aliphatic rings. The van der Waals surface area contributed by atoms with E-state index in [1.54, 1.807) is 29.7 Å². The van der Waals surface area contributed by atoms with Gasteiger partial charge in [-0.05, 0) is 69.3 Å². The summed E-state index contributed by atoms with van der Waals surface area (Å²) in [6.07, 6.45) is -13.6. The summed E-state index contributed by atoms with van der Waals surface area (Å²) in [7, 11) is 0. The van der Waals surface area contributed by atoms with Crippen molar-refractivity contribution in [2.75, 3.05) is 26.2 Å². The van der Waals surface area contributed by atoms with Gasteiger partial charge in [-0.25, -0.2) is 19.9 Å². The molecule has 3 atom stereocenters. The zero-order chi connectivity index (χ0) is 44.0. The Morgan fingerprint density at radius 2 is 1.38 bits per heavy atom. The molecule has 2 amide bonds. The van der Waals surface area contributed by atoms with Crippen molar-refractivity contribution in [1.29, 1.82) is 0 Å². The first kappa shape index (κ1) is 48.4. The standard InChI is InChI=1S/C28H33N5O4.3C2HF3O2/c1-18-14-20(23-4-2-3-5-25(23)30-18)17-37-22-8-6-19(7-9-22)27(34)31-26-16-33(21-10-12-29-15-21)13-11-24(26)28(35)32-36;3*3-2(4,5)1(6)7/h2-9,14,21,24,26,29,36H,10-13,15-17H2,1H3,(H,31,34)(H,32,35);3*(H,6,7)/t21?,24-,26+;;;/m0.../s1. The van der Waals surface area contributed by atoms with Crippen LogP contribution in [0.15, 0.2) is 54.6 Å². The molecule has 3 aromatic rings. The van der Waals surface area contributed by atoms with Crippen molar-refractivity contribution in [2.24, 2.45) is 5.92 Å². The lowest BCUT2D eigenvalue weighted by molar-refractivity contribution is -0.193. The Morgan fingerprint density at radius 1 is 0.845 bits per heavy atom. The van der Waals surface area contributed by atoms with Crippen LogP contribution in [0.25, 0.3) is 10.9 Å². The Kier molecular flexibility index (Phi) is 17.6. The first-order valence-corrected chi connectivity index (χ1v) is 16.5. The number of carboxylic acid groups (broad SMARTS) is 3. The highest BCUT2D eigenvalue weighted by Gasteiger charge is 2.40. The maximum Gasteiger partial charge on any atom is 0.490 e. The fourth-order valence-corrected chi connectivity index (χ4v) is 5.43. The number of para-hydroxylation sites is 1. The third kappa shape index (κ3) is 15.7. The molecule has 1 unspecified atom stereocenters. The molecule has 0 aliphatic carbocycles. The number of alkyl halides is 9. The molecule has 58 heavy (non-hydrogen) atoms. The van der Waals surface area contributed by atoms with E-state index in [1.165, 1.54) is 0 Å². The summed E-state index contributed by atoms with van der Waals surface area (Å²) >= 11 is 0. The van der Waals surface area contributed by atoms with Crippen molar-refractivity contribution in [3.8, 4) is 5.75 Å². The highest BCUT2D eigenvalue weighted by molar-refractivity contribution is 5.95. The van der Waals surface area contributed by atoms with E-state index in [4.69, 9.17) is 34.4 Å². The van der Waals surface area contributed by atoms with Crippen molar-refractivity contribution >= 4 is 40.6 Å². The number of aryl methyl sites for hydroxylation is 1. The minimum Gasteiger partial charge on any atom is -0.489 e. The number of rotatable bonds is 7. The van der Waals surface area contributed by atoms with Gasteiger partial charge in [0.25, 0.3) is 5.91 Å². The van der Waals surface area contributed by atoms with Crippen LogP contribution in [-0.4, -0.2) is 117 Å². The SMILES string of the molecule is Cc1cc(COc2ccc(C(=O)N[C@@H]3CN(C4CCNC4)CC[C@@H]3C(=O)NO)cc2)c2ccccc2n1.O=C(O)C(F)(F)F.O=C(O)C(F)(F)F.O=C(O)C(F)(F)F. The topological polar surface area (TPSA) is 228 Å². The number of nitrogens with zero attached hydrogens (tertiary/aromatic N) is 2. The first-order chi connectivity index (χ1) is 26.8. The number of aliphatic carboxylic acids is 3. The Hall–Kier alpha value is -5.75. The molecule has 2 fully saturated rings. The molecular formula is C34H36F9N5O10. The zero-order valence-corrected chi connectivity index (χ0v) is 29.9. The van der Waals surface area contributed by atoms with Crippen LogP contribution in [0, 0.1) is 12.8 Å². The van der Waals surface area contributed by atoms with Crippen LogP contribution in [-0.2, 0) is 25.8 Å². The number of hydrogen-bond donors (Lipinski definition) is 7. The van der Waals surface area contributed by atoms with Crippen LogP contribution in [0.4, 0.5) is 39.5 Å². The van der Waals surface area contributed by atoms with E-state index >= 15 is 0 Å². The number of amides is 2. The zero-order valence-electron chi connectivity index (χ0n) is 29.9. The average molecular weight is 846 g/mol. The molecule has 0 spiro atoms. The lowest BCUT2D eigenvalue weighted by Crippen LogP contribution is -2.58. The maximum atomic E-state index is 13.1. The van der Waals surface area contributed by atoms with E-state index in [9.17, 15) is 54.3 Å². The van der Waals surface area contributed by atoms with E-state index in [0.717, 1.165) is 48.2 Å². The second-order valence-electron chi connectivity index (χ2n) is 12.3. The minimum atomic E-state index is -5.08. The Bertz CT molecular complexity index is 1810. The third-order valence-corrected chi connectivity index (χ3v) is 8.13. The predicted octanol–water partition coefficient (Wildman–Crippen LogP) is 4.31. The van der Waals surface area contributed by atoms with Crippen LogP contribution < -0.4 is 20.9 Å². The van der Waals surface area contributed by atoms with Gasteiger partial charge in [0.1, 0.15) is 12.4 Å². The number of pyridine rings is 1. The van der Waals surface area contributed by atoms with E-state index < -0.39 is 54.3 Å². The number of benzene rings is 2. The molecule has 0 bridgehead atoms. The second-order valence-corrected chi connectivity index (χ2v) is 12.3. The summed E-state index contributed by atoms with van der Waals surface area (Å²) < 4.78 is 101. The van der Waals surface area contributed by atoms with Gasteiger partial charge in [0.15, 0.2) is 0 Å². The summed E-state index contributed by atoms with van der Waals surface area (Å²) in [4.78, 5) is 59.0. The number of fused-ring (bicyclic) bond motifs is 1. The lowest BCUT2D eigenvalue weighted by atomic mass is 9.89. The molecule has 2 saturated heterocycles. The number of carbonyl (C=O) groups excluding carboxylic acids is 2. The smallest absolute Gasteiger partial charge is 0.489 e. The van der Waals surface area contributed by atoms with Crippen molar-refractivity contribution in [3.05, 3.63) is 71.4 Å². The maximum absolute atomic E-state index is 13.1.